The van der Waals surface area contributed by atoms with Crippen molar-refractivity contribution in [3.05, 3.63) is 77.3 Å². The fourth-order valence-electron chi connectivity index (χ4n) is 4.24. The fourth-order valence-corrected chi connectivity index (χ4v) is 5.27. The Kier molecular flexibility index (Phi) is 6.17. The maximum absolute atomic E-state index is 11.0. The molecule has 178 valence electrons. The van der Waals surface area contributed by atoms with Crippen molar-refractivity contribution in [2.45, 2.75) is 36.8 Å². The van der Waals surface area contributed by atoms with Crippen LogP contribution < -0.4 is 4.74 Å². The van der Waals surface area contributed by atoms with Crippen molar-refractivity contribution in [1.82, 2.24) is 4.98 Å². The molecule has 5 atom stereocenters. The van der Waals surface area contributed by atoms with Crippen LogP contribution in [0.2, 0.25) is 0 Å². The highest BCUT2D eigenvalue weighted by Crippen LogP contribution is 2.38. The van der Waals surface area contributed by atoms with Gasteiger partial charge in [-0.05, 0) is 35.4 Å². The van der Waals surface area contributed by atoms with Gasteiger partial charge in [-0.15, -0.1) is 11.3 Å². The Morgan fingerprint density at radius 3 is 2.56 bits per heavy atom. The van der Waals surface area contributed by atoms with Gasteiger partial charge < -0.3 is 40.0 Å². The van der Waals surface area contributed by atoms with Gasteiger partial charge in [-0.2, -0.15) is 0 Å². The largest absolute Gasteiger partial charge is 0.454 e. The van der Waals surface area contributed by atoms with E-state index in [9.17, 15) is 25.5 Å². The van der Waals surface area contributed by atoms with Crippen molar-refractivity contribution in [1.29, 1.82) is 0 Å². The van der Waals surface area contributed by atoms with E-state index in [1.165, 1.54) is 0 Å². The minimum atomic E-state index is -2.64. The second kappa shape index (κ2) is 9.12. The SMILES string of the molecule is OC[C@H]1O[C@@H](O)[C@@](O)(Oc2cccc3[nH]cc(Cc4ccc(-c5ccccc5)s4)c23)[C@@H](O)[C@@H]1O. The van der Waals surface area contributed by atoms with Crippen molar-refractivity contribution in [2.24, 2.45) is 0 Å². The third-order valence-electron chi connectivity index (χ3n) is 6.07. The number of fused-ring (bicyclic) bond motifs is 1. The summed E-state index contributed by atoms with van der Waals surface area (Å²) >= 11 is 1.68. The number of rotatable bonds is 6. The zero-order valence-corrected chi connectivity index (χ0v) is 18.9. The molecular weight excluding hydrogens is 458 g/mol. The van der Waals surface area contributed by atoms with Crippen molar-refractivity contribution < 1.29 is 35.0 Å². The Morgan fingerprint density at radius 2 is 1.79 bits per heavy atom. The van der Waals surface area contributed by atoms with Gasteiger partial charge in [0.05, 0.1) is 6.61 Å². The van der Waals surface area contributed by atoms with E-state index >= 15 is 0 Å². The molecule has 1 aliphatic rings. The average Bonchev–Trinajstić information content (AvgIpc) is 3.49. The summed E-state index contributed by atoms with van der Waals surface area (Å²) in [6.07, 6.45) is -4.39. The van der Waals surface area contributed by atoms with Gasteiger partial charge in [-0.25, -0.2) is 0 Å². The van der Waals surface area contributed by atoms with Crippen molar-refractivity contribution in [3.8, 4) is 16.2 Å². The molecular formula is C25H25NO7S. The Balaban J connectivity index is 1.45. The molecule has 2 aromatic carbocycles. The van der Waals surface area contributed by atoms with Crippen molar-refractivity contribution in [2.75, 3.05) is 6.61 Å². The van der Waals surface area contributed by atoms with E-state index in [0.29, 0.717) is 11.8 Å². The number of aliphatic hydroxyl groups is 5. The van der Waals surface area contributed by atoms with Crippen LogP contribution in [0.5, 0.6) is 5.75 Å². The number of aromatic amines is 1. The third-order valence-corrected chi connectivity index (χ3v) is 7.21. The zero-order valence-electron chi connectivity index (χ0n) is 18.0. The molecule has 0 radical (unpaired) electrons. The molecule has 4 aromatic rings. The van der Waals surface area contributed by atoms with E-state index in [1.54, 1.807) is 23.5 Å². The summed E-state index contributed by atoms with van der Waals surface area (Å²) in [6.45, 7) is -0.644. The van der Waals surface area contributed by atoms with E-state index in [0.717, 1.165) is 26.4 Å². The smallest absolute Gasteiger partial charge is 0.288 e. The summed E-state index contributed by atoms with van der Waals surface area (Å²) in [7, 11) is 0. The highest BCUT2D eigenvalue weighted by molar-refractivity contribution is 7.15. The number of H-pyrrole nitrogens is 1. The molecule has 6 N–H and O–H groups in total. The number of hydrogen-bond acceptors (Lipinski definition) is 8. The molecule has 0 aliphatic carbocycles. The normalized spacial score (nSPS) is 27.2. The Hall–Kier alpha value is -2.76. The highest BCUT2D eigenvalue weighted by atomic mass is 32.1. The minimum Gasteiger partial charge on any atom is -0.454 e. The van der Waals surface area contributed by atoms with Crippen LogP contribution in [0.15, 0.2) is 66.9 Å². The molecule has 0 spiro atoms. The molecule has 5 rings (SSSR count). The van der Waals surface area contributed by atoms with Gasteiger partial charge in [-0.1, -0.05) is 36.4 Å². The number of ether oxygens (including phenoxy) is 2. The molecule has 0 amide bonds. The monoisotopic (exact) mass is 483 g/mol. The molecule has 34 heavy (non-hydrogen) atoms. The van der Waals surface area contributed by atoms with Gasteiger partial charge >= 0.3 is 0 Å². The summed E-state index contributed by atoms with van der Waals surface area (Å²) in [4.78, 5) is 5.46. The van der Waals surface area contributed by atoms with Crippen molar-refractivity contribution >= 4 is 22.2 Å². The predicted molar refractivity (Wildman–Crippen MR) is 126 cm³/mol. The van der Waals surface area contributed by atoms with Crippen LogP contribution in [-0.4, -0.2) is 67.5 Å². The minimum absolute atomic E-state index is 0.201. The lowest BCUT2D eigenvalue weighted by molar-refractivity contribution is -0.385. The van der Waals surface area contributed by atoms with Gasteiger partial charge in [-0.3, -0.25) is 0 Å². The fraction of sp³-hybridized carbons (Fsp3) is 0.280. The first-order valence-corrected chi connectivity index (χ1v) is 11.7. The molecule has 2 aromatic heterocycles. The summed E-state index contributed by atoms with van der Waals surface area (Å²) < 4.78 is 10.8. The molecule has 1 saturated heterocycles. The lowest BCUT2D eigenvalue weighted by atomic mass is 9.95. The Morgan fingerprint density at radius 1 is 1.00 bits per heavy atom. The average molecular weight is 484 g/mol. The van der Waals surface area contributed by atoms with Crippen LogP contribution in [0.1, 0.15) is 10.4 Å². The lowest BCUT2D eigenvalue weighted by Gasteiger charge is -2.45. The molecule has 1 fully saturated rings. The van der Waals surface area contributed by atoms with E-state index in [1.807, 2.05) is 30.5 Å². The third kappa shape index (κ3) is 4.01. The van der Waals surface area contributed by atoms with Gasteiger partial charge in [0, 0.05) is 33.3 Å². The summed E-state index contributed by atoms with van der Waals surface area (Å²) in [5.41, 5.74) is 2.78. The van der Waals surface area contributed by atoms with Crippen LogP contribution in [0.3, 0.4) is 0 Å². The van der Waals surface area contributed by atoms with Crippen LogP contribution in [-0.2, 0) is 11.2 Å². The van der Waals surface area contributed by atoms with Crippen LogP contribution in [0.25, 0.3) is 21.3 Å². The number of nitrogens with one attached hydrogen (secondary N) is 1. The van der Waals surface area contributed by atoms with Gasteiger partial charge in [0.15, 0.2) is 6.10 Å². The number of hydrogen-bond donors (Lipinski definition) is 6. The molecule has 9 heteroatoms. The predicted octanol–water partition coefficient (Wildman–Crippen LogP) is 1.99. The number of aromatic nitrogens is 1. The summed E-state index contributed by atoms with van der Waals surface area (Å²) in [6, 6.07) is 19.4. The standard InChI is InChI=1S/C25H25NO7S/c27-13-19-22(28)23(29)25(31,24(30)32-19)33-18-8-4-7-17-21(18)15(12-26-17)11-16-9-10-20(34-16)14-5-2-1-3-6-14/h1-10,12,19,22-24,26-31H,11,13H2/t19-,22-,23+,24-,25+/m1/s1. The quantitative estimate of drug-likeness (QED) is 0.231. The first-order valence-electron chi connectivity index (χ1n) is 10.9. The maximum Gasteiger partial charge on any atom is 0.288 e. The lowest BCUT2D eigenvalue weighted by Crippen LogP contribution is -2.69. The topological polar surface area (TPSA) is 135 Å². The Labute approximate surface area is 199 Å². The number of thiophene rings is 1. The van der Waals surface area contributed by atoms with Crippen molar-refractivity contribution in [3.63, 3.8) is 0 Å². The molecule has 0 bridgehead atoms. The maximum atomic E-state index is 11.0. The number of aliphatic hydroxyl groups excluding tert-OH is 4. The van der Waals surface area contributed by atoms with Gasteiger partial charge in [0.1, 0.15) is 18.0 Å². The zero-order chi connectivity index (χ0) is 23.9. The van der Waals surface area contributed by atoms with Gasteiger partial charge in [0.2, 0.25) is 6.29 Å². The van der Waals surface area contributed by atoms with E-state index in [-0.39, 0.29) is 5.75 Å². The van der Waals surface area contributed by atoms with E-state index in [4.69, 9.17) is 9.47 Å². The second-order valence-corrected chi connectivity index (χ2v) is 9.47. The molecule has 1 aliphatic heterocycles. The summed E-state index contributed by atoms with van der Waals surface area (Å²) in [5, 5.41) is 51.9. The van der Waals surface area contributed by atoms with Crippen LogP contribution in [0, 0.1) is 0 Å². The first-order chi connectivity index (χ1) is 16.4. The molecule has 3 heterocycles. The number of benzene rings is 2. The second-order valence-electron chi connectivity index (χ2n) is 8.30. The first kappa shape index (κ1) is 23.0. The highest BCUT2D eigenvalue weighted by Gasteiger charge is 2.57. The Bertz CT molecular complexity index is 1270. The molecule has 0 saturated carbocycles. The van der Waals surface area contributed by atoms with E-state index in [2.05, 4.69) is 29.2 Å². The summed E-state index contributed by atoms with van der Waals surface area (Å²) in [5.74, 6) is -2.44. The molecule has 8 nitrogen and oxygen atoms in total. The van der Waals surface area contributed by atoms with E-state index < -0.39 is 37.0 Å². The van der Waals surface area contributed by atoms with Crippen LogP contribution in [0.4, 0.5) is 0 Å². The molecule has 0 unspecified atom stereocenters. The van der Waals surface area contributed by atoms with Crippen LogP contribution >= 0.6 is 11.3 Å². The van der Waals surface area contributed by atoms with Gasteiger partial charge in [0.25, 0.3) is 5.79 Å².